The van der Waals surface area contributed by atoms with Gasteiger partial charge in [0.05, 0.1) is 25.9 Å². The minimum atomic E-state index is 0.140. The number of morpholine rings is 2. The Kier molecular flexibility index (Phi) is 5.60. The van der Waals surface area contributed by atoms with Gasteiger partial charge in [-0.3, -0.25) is 9.80 Å². The van der Waals surface area contributed by atoms with E-state index in [1.54, 1.807) is 0 Å². The summed E-state index contributed by atoms with van der Waals surface area (Å²) in [5.74, 6) is 0. The molecule has 2 heterocycles. The van der Waals surface area contributed by atoms with E-state index >= 15 is 0 Å². The van der Waals surface area contributed by atoms with Crippen LogP contribution < -0.4 is 0 Å². The van der Waals surface area contributed by atoms with Crippen LogP contribution in [0.15, 0.2) is 24.3 Å². The fourth-order valence-electron chi connectivity index (χ4n) is 3.54. The minimum Gasteiger partial charge on any atom is -0.379 e. The lowest BCUT2D eigenvalue weighted by molar-refractivity contribution is -0.0612. The van der Waals surface area contributed by atoms with E-state index in [0.717, 1.165) is 57.6 Å². The molecule has 2 aliphatic heterocycles. The summed E-state index contributed by atoms with van der Waals surface area (Å²) in [5, 5.41) is 0.773. The molecule has 4 nitrogen and oxygen atoms in total. The molecule has 2 saturated heterocycles. The number of rotatable bonds is 4. The van der Waals surface area contributed by atoms with Crippen molar-refractivity contribution in [3.63, 3.8) is 0 Å². The van der Waals surface area contributed by atoms with Crippen LogP contribution in [0.3, 0.4) is 0 Å². The predicted octanol–water partition coefficient (Wildman–Crippen LogP) is 2.82. The summed E-state index contributed by atoms with van der Waals surface area (Å²) in [7, 11) is 0. The molecule has 0 unspecified atom stereocenters. The highest BCUT2D eigenvalue weighted by molar-refractivity contribution is 6.30. The molecule has 0 spiro atoms. The van der Waals surface area contributed by atoms with Gasteiger partial charge in [0.1, 0.15) is 0 Å². The summed E-state index contributed by atoms with van der Waals surface area (Å²) < 4.78 is 11.5. The molecule has 0 saturated carbocycles. The molecule has 1 atom stereocenters. The van der Waals surface area contributed by atoms with E-state index in [-0.39, 0.29) is 11.6 Å². The largest absolute Gasteiger partial charge is 0.379 e. The van der Waals surface area contributed by atoms with E-state index in [9.17, 15) is 0 Å². The Labute approximate surface area is 144 Å². The van der Waals surface area contributed by atoms with Gasteiger partial charge in [0.25, 0.3) is 0 Å². The highest BCUT2D eigenvalue weighted by Gasteiger charge is 2.32. The van der Waals surface area contributed by atoms with E-state index in [4.69, 9.17) is 21.1 Å². The molecule has 0 aromatic heterocycles. The molecule has 1 aromatic rings. The molecular weight excluding hydrogens is 312 g/mol. The van der Waals surface area contributed by atoms with Gasteiger partial charge < -0.3 is 9.47 Å². The second-order valence-electron chi connectivity index (χ2n) is 7.06. The Morgan fingerprint density at radius 1 is 1.09 bits per heavy atom. The third kappa shape index (κ3) is 4.46. The fourth-order valence-corrected chi connectivity index (χ4v) is 3.67. The van der Waals surface area contributed by atoms with Crippen LogP contribution >= 0.6 is 11.6 Å². The Balaban J connectivity index is 1.60. The summed E-state index contributed by atoms with van der Waals surface area (Å²) in [4.78, 5) is 5.07. The Bertz CT molecular complexity index is 500. The van der Waals surface area contributed by atoms with Gasteiger partial charge in [0.15, 0.2) is 0 Å². The zero-order valence-corrected chi connectivity index (χ0v) is 14.9. The summed E-state index contributed by atoms with van der Waals surface area (Å²) in [6.45, 7) is 12.2. The molecule has 0 bridgehead atoms. The fraction of sp³-hybridized carbons (Fsp3) is 0.667. The highest BCUT2D eigenvalue weighted by Crippen LogP contribution is 2.26. The summed E-state index contributed by atoms with van der Waals surface area (Å²) in [6.07, 6.45) is 0.140. The lowest BCUT2D eigenvalue weighted by atomic mass is 9.99. The van der Waals surface area contributed by atoms with Gasteiger partial charge in [-0.25, -0.2) is 0 Å². The second-order valence-corrected chi connectivity index (χ2v) is 7.49. The van der Waals surface area contributed by atoms with Crippen molar-refractivity contribution in [1.82, 2.24) is 9.80 Å². The first-order valence-corrected chi connectivity index (χ1v) is 8.85. The standard InChI is InChI=1S/C18H27ClN2O2/c1-18(2,21-8-10-22-11-9-21)14-20-7-12-23-17(13-20)15-3-5-16(19)6-4-15/h3-6,17H,7-14H2,1-2H3/t17-/m1/s1. The van der Waals surface area contributed by atoms with Crippen molar-refractivity contribution in [3.05, 3.63) is 34.9 Å². The average Bonchev–Trinajstić information content (AvgIpc) is 2.56. The van der Waals surface area contributed by atoms with Gasteiger partial charge >= 0.3 is 0 Å². The van der Waals surface area contributed by atoms with Gasteiger partial charge in [0, 0.05) is 43.3 Å². The number of hydrogen-bond acceptors (Lipinski definition) is 4. The van der Waals surface area contributed by atoms with E-state index in [0.29, 0.717) is 0 Å². The van der Waals surface area contributed by atoms with Gasteiger partial charge in [-0.15, -0.1) is 0 Å². The SMILES string of the molecule is CC(C)(CN1CCO[C@@H](c2ccc(Cl)cc2)C1)N1CCOCC1. The second kappa shape index (κ2) is 7.49. The van der Waals surface area contributed by atoms with Crippen molar-refractivity contribution in [3.8, 4) is 0 Å². The van der Waals surface area contributed by atoms with Gasteiger partial charge in [-0.2, -0.15) is 0 Å². The number of nitrogens with zero attached hydrogens (tertiary/aromatic N) is 2. The smallest absolute Gasteiger partial charge is 0.0952 e. The molecule has 128 valence electrons. The van der Waals surface area contributed by atoms with E-state index in [1.165, 1.54) is 5.56 Å². The van der Waals surface area contributed by atoms with Crippen LogP contribution in [0.1, 0.15) is 25.5 Å². The topological polar surface area (TPSA) is 24.9 Å². The average molecular weight is 339 g/mol. The first-order chi connectivity index (χ1) is 11.0. The lowest BCUT2D eigenvalue weighted by Crippen LogP contribution is -2.56. The molecule has 1 aromatic carbocycles. The van der Waals surface area contributed by atoms with Crippen LogP contribution in [0.2, 0.25) is 5.02 Å². The molecule has 0 aliphatic carbocycles. The maximum atomic E-state index is 5.99. The quantitative estimate of drug-likeness (QED) is 0.843. The normalized spacial score (nSPS) is 24.7. The lowest BCUT2D eigenvalue weighted by Gasteiger charge is -2.45. The molecule has 2 fully saturated rings. The summed E-state index contributed by atoms with van der Waals surface area (Å²) in [6, 6.07) is 8.03. The first-order valence-electron chi connectivity index (χ1n) is 8.47. The molecule has 3 rings (SSSR count). The van der Waals surface area contributed by atoms with Gasteiger partial charge in [-0.1, -0.05) is 23.7 Å². The van der Waals surface area contributed by atoms with Crippen LogP contribution in [0.5, 0.6) is 0 Å². The zero-order chi connectivity index (χ0) is 16.3. The number of ether oxygens (including phenoxy) is 2. The molecule has 0 radical (unpaired) electrons. The van der Waals surface area contributed by atoms with Crippen LogP contribution in [-0.4, -0.2) is 67.9 Å². The van der Waals surface area contributed by atoms with Crippen molar-refractivity contribution in [2.24, 2.45) is 0 Å². The zero-order valence-electron chi connectivity index (χ0n) is 14.1. The van der Waals surface area contributed by atoms with Crippen molar-refractivity contribution in [2.75, 3.05) is 52.5 Å². The van der Waals surface area contributed by atoms with Crippen molar-refractivity contribution in [2.45, 2.75) is 25.5 Å². The Hall–Kier alpha value is -0.650. The molecule has 23 heavy (non-hydrogen) atoms. The number of halogens is 1. The van der Waals surface area contributed by atoms with E-state index < -0.39 is 0 Å². The first kappa shape index (κ1) is 17.2. The maximum Gasteiger partial charge on any atom is 0.0952 e. The van der Waals surface area contributed by atoms with Crippen LogP contribution in [-0.2, 0) is 9.47 Å². The molecule has 0 amide bonds. The number of hydrogen-bond donors (Lipinski definition) is 0. The summed E-state index contributed by atoms with van der Waals surface area (Å²) in [5.41, 5.74) is 1.37. The molecule has 2 aliphatic rings. The number of benzene rings is 1. The Morgan fingerprint density at radius 3 is 2.48 bits per heavy atom. The minimum absolute atomic E-state index is 0.140. The molecule has 0 N–H and O–H groups in total. The van der Waals surface area contributed by atoms with E-state index in [2.05, 4.69) is 35.8 Å². The monoisotopic (exact) mass is 338 g/mol. The Morgan fingerprint density at radius 2 is 1.78 bits per heavy atom. The third-order valence-electron chi connectivity index (χ3n) is 4.87. The van der Waals surface area contributed by atoms with Gasteiger partial charge in [0.2, 0.25) is 0 Å². The van der Waals surface area contributed by atoms with Crippen molar-refractivity contribution >= 4 is 11.6 Å². The van der Waals surface area contributed by atoms with Crippen LogP contribution in [0.4, 0.5) is 0 Å². The molecular formula is C18H27ClN2O2. The third-order valence-corrected chi connectivity index (χ3v) is 5.12. The van der Waals surface area contributed by atoms with Gasteiger partial charge in [-0.05, 0) is 31.5 Å². The maximum absolute atomic E-state index is 5.99. The van der Waals surface area contributed by atoms with Crippen molar-refractivity contribution < 1.29 is 9.47 Å². The van der Waals surface area contributed by atoms with Crippen LogP contribution in [0.25, 0.3) is 0 Å². The predicted molar refractivity (Wildman–Crippen MR) is 93.1 cm³/mol. The summed E-state index contributed by atoms with van der Waals surface area (Å²) >= 11 is 5.99. The van der Waals surface area contributed by atoms with Crippen LogP contribution in [0, 0.1) is 0 Å². The molecule has 5 heteroatoms. The highest BCUT2D eigenvalue weighted by atomic mass is 35.5. The van der Waals surface area contributed by atoms with E-state index in [1.807, 2.05) is 12.1 Å². The van der Waals surface area contributed by atoms with Crippen molar-refractivity contribution in [1.29, 1.82) is 0 Å².